The molecule has 6 nitrogen and oxygen atoms in total. The molecule has 130 valence electrons. The van der Waals surface area contributed by atoms with Crippen LogP contribution in [0.1, 0.15) is 25.0 Å². The minimum atomic E-state index is -4.66. The van der Waals surface area contributed by atoms with Crippen LogP contribution < -0.4 is 4.90 Å². The fraction of sp³-hybridized carbons (Fsp3) is 0.533. The number of hydrogen-bond acceptors (Lipinski definition) is 3. The zero-order valence-corrected chi connectivity index (χ0v) is 12.7. The quantitative estimate of drug-likeness (QED) is 0.851. The molecule has 3 rings (SSSR count). The lowest BCUT2D eigenvalue weighted by atomic mass is 9.78. The molecule has 1 N–H and O–H groups in total. The summed E-state index contributed by atoms with van der Waals surface area (Å²) in [5.74, 6) is -0.452. The molecule has 0 radical (unpaired) electrons. The van der Waals surface area contributed by atoms with Gasteiger partial charge in [0, 0.05) is 25.8 Å². The highest BCUT2D eigenvalue weighted by molar-refractivity contribution is 6.00. The van der Waals surface area contributed by atoms with Crippen LogP contribution in [0.4, 0.5) is 23.7 Å². The highest BCUT2D eigenvalue weighted by Crippen LogP contribution is 2.44. The molecule has 2 saturated heterocycles. The SMILES string of the molecule is O=C(O)N1CCCC2(CCN(c3cccnc3C(F)(F)F)C2=O)C1. The molecule has 0 bridgehead atoms. The summed E-state index contributed by atoms with van der Waals surface area (Å²) in [7, 11) is 0. The molecule has 1 atom stereocenters. The third-order valence-corrected chi connectivity index (χ3v) is 4.71. The van der Waals surface area contributed by atoms with Gasteiger partial charge in [-0.3, -0.25) is 4.79 Å². The second-order valence-electron chi connectivity index (χ2n) is 6.16. The van der Waals surface area contributed by atoms with Crippen molar-refractivity contribution in [1.29, 1.82) is 0 Å². The van der Waals surface area contributed by atoms with E-state index in [-0.39, 0.29) is 18.8 Å². The van der Waals surface area contributed by atoms with Gasteiger partial charge in [0.15, 0.2) is 5.69 Å². The van der Waals surface area contributed by atoms with Gasteiger partial charge in [-0.1, -0.05) is 0 Å². The predicted molar refractivity (Wildman–Crippen MR) is 77.5 cm³/mol. The molecular weight excluding hydrogens is 327 g/mol. The van der Waals surface area contributed by atoms with Gasteiger partial charge in [0.05, 0.1) is 11.1 Å². The molecule has 1 unspecified atom stereocenters. The summed E-state index contributed by atoms with van der Waals surface area (Å²) in [6.45, 7) is 0.491. The summed E-state index contributed by atoms with van der Waals surface area (Å²) < 4.78 is 39.4. The molecule has 3 heterocycles. The number of likely N-dealkylation sites (tertiary alicyclic amines) is 1. The highest BCUT2D eigenvalue weighted by atomic mass is 19.4. The van der Waals surface area contributed by atoms with Crippen molar-refractivity contribution >= 4 is 17.7 Å². The van der Waals surface area contributed by atoms with Crippen LogP contribution in [0.5, 0.6) is 0 Å². The van der Waals surface area contributed by atoms with Crippen LogP contribution in [-0.2, 0) is 11.0 Å². The van der Waals surface area contributed by atoms with Crippen LogP contribution in [0.2, 0.25) is 0 Å². The van der Waals surface area contributed by atoms with Crippen molar-refractivity contribution in [2.45, 2.75) is 25.4 Å². The van der Waals surface area contributed by atoms with E-state index < -0.39 is 29.3 Å². The topological polar surface area (TPSA) is 73.7 Å². The molecule has 9 heteroatoms. The van der Waals surface area contributed by atoms with E-state index in [1.54, 1.807) is 0 Å². The van der Waals surface area contributed by atoms with Gasteiger partial charge in [-0.25, -0.2) is 9.78 Å². The Morgan fingerprint density at radius 3 is 2.71 bits per heavy atom. The number of amides is 2. The number of nitrogens with zero attached hydrogens (tertiary/aromatic N) is 3. The Balaban J connectivity index is 1.92. The molecule has 2 aliphatic heterocycles. The number of halogens is 3. The van der Waals surface area contributed by atoms with Crippen LogP contribution >= 0.6 is 0 Å². The average Bonchev–Trinajstić information content (AvgIpc) is 2.83. The fourth-order valence-corrected chi connectivity index (χ4v) is 3.56. The zero-order chi connectivity index (χ0) is 17.5. The molecule has 24 heavy (non-hydrogen) atoms. The maximum atomic E-state index is 13.1. The Morgan fingerprint density at radius 2 is 2.04 bits per heavy atom. The lowest BCUT2D eigenvalue weighted by Gasteiger charge is -2.37. The van der Waals surface area contributed by atoms with Crippen molar-refractivity contribution in [1.82, 2.24) is 9.88 Å². The normalized spacial score (nSPS) is 24.7. The maximum absolute atomic E-state index is 13.1. The van der Waals surface area contributed by atoms with Gasteiger partial charge in [-0.05, 0) is 31.4 Å². The van der Waals surface area contributed by atoms with Gasteiger partial charge in [-0.15, -0.1) is 0 Å². The number of carbonyl (C=O) groups is 2. The molecule has 0 aromatic carbocycles. The molecular formula is C15H16F3N3O3. The van der Waals surface area contributed by atoms with Gasteiger partial charge in [0.1, 0.15) is 0 Å². The van der Waals surface area contributed by atoms with E-state index in [4.69, 9.17) is 5.11 Å². The van der Waals surface area contributed by atoms with E-state index in [0.29, 0.717) is 25.8 Å². The Bertz CT molecular complexity index is 679. The number of carbonyl (C=O) groups excluding carboxylic acids is 1. The minimum absolute atomic E-state index is 0.0271. The molecule has 2 aliphatic rings. The monoisotopic (exact) mass is 343 g/mol. The first kappa shape index (κ1) is 16.5. The van der Waals surface area contributed by atoms with E-state index >= 15 is 0 Å². The van der Waals surface area contributed by atoms with E-state index in [1.807, 2.05) is 0 Å². The Labute approximate surface area is 135 Å². The van der Waals surface area contributed by atoms with Crippen molar-refractivity contribution in [3.8, 4) is 0 Å². The zero-order valence-electron chi connectivity index (χ0n) is 12.7. The fourth-order valence-electron chi connectivity index (χ4n) is 3.56. The Hall–Kier alpha value is -2.32. The first-order chi connectivity index (χ1) is 11.2. The lowest BCUT2D eigenvalue weighted by Crippen LogP contribution is -2.49. The summed E-state index contributed by atoms with van der Waals surface area (Å²) >= 11 is 0. The van der Waals surface area contributed by atoms with E-state index in [9.17, 15) is 22.8 Å². The standard InChI is InChI=1S/C15H16F3N3O3/c16-15(17,18)11-10(3-1-6-19-11)21-8-5-14(12(21)22)4-2-7-20(9-14)13(23)24/h1,3,6H,2,4-5,7-9H2,(H,23,24). The summed E-state index contributed by atoms with van der Waals surface area (Å²) in [4.78, 5) is 29.7. The highest BCUT2D eigenvalue weighted by Gasteiger charge is 2.51. The number of hydrogen-bond donors (Lipinski definition) is 1. The number of carboxylic acid groups (broad SMARTS) is 1. The molecule has 1 spiro atoms. The van der Waals surface area contributed by atoms with Gasteiger partial charge >= 0.3 is 12.3 Å². The van der Waals surface area contributed by atoms with Gasteiger partial charge in [0.2, 0.25) is 5.91 Å². The van der Waals surface area contributed by atoms with Crippen molar-refractivity contribution in [3.63, 3.8) is 0 Å². The third-order valence-electron chi connectivity index (χ3n) is 4.71. The van der Waals surface area contributed by atoms with Crippen molar-refractivity contribution in [2.24, 2.45) is 5.41 Å². The summed E-state index contributed by atoms with van der Waals surface area (Å²) in [6, 6.07) is 2.58. The largest absolute Gasteiger partial charge is 0.465 e. The smallest absolute Gasteiger partial charge is 0.435 e. The van der Waals surface area contributed by atoms with Crippen LogP contribution in [0.25, 0.3) is 0 Å². The Kier molecular flexibility index (Phi) is 3.89. The number of rotatable bonds is 1. The van der Waals surface area contributed by atoms with Crippen LogP contribution in [0.15, 0.2) is 18.3 Å². The van der Waals surface area contributed by atoms with E-state index in [0.717, 1.165) is 11.1 Å². The molecule has 0 aliphatic carbocycles. The van der Waals surface area contributed by atoms with Crippen LogP contribution in [0, 0.1) is 5.41 Å². The molecule has 0 saturated carbocycles. The molecule has 2 amide bonds. The van der Waals surface area contributed by atoms with Gasteiger partial charge in [0.25, 0.3) is 0 Å². The average molecular weight is 343 g/mol. The van der Waals surface area contributed by atoms with Crippen LogP contribution in [-0.4, -0.2) is 46.6 Å². The summed E-state index contributed by atoms with van der Waals surface area (Å²) in [6.07, 6.45) is -3.40. The van der Waals surface area contributed by atoms with E-state index in [1.165, 1.54) is 17.0 Å². The maximum Gasteiger partial charge on any atom is 0.435 e. The number of pyridine rings is 1. The molecule has 1 aromatic heterocycles. The lowest BCUT2D eigenvalue weighted by molar-refractivity contribution is -0.140. The summed E-state index contributed by atoms with van der Waals surface area (Å²) in [5.41, 5.74) is -2.30. The number of aromatic nitrogens is 1. The number of piperidine rings is 1. The predicted octanol–water partition coefficient (Wildman–Crippen LogP) is 2.60. The molecule has 1 aromatic rings. The second-order valence-corrected chi connectivity index (χ2v) is 6.16. The van der Waals surface area contributed by atoms with Crippen LogP contribution in [0.3, 0.4) is 0 Å². The number of anilines is 1. The first-order valence-corrected chi connectivity index (χ1v) is 7.57. The Morgan fingerprint density at radius 1 is 1.29 bits per heavy atom. The molecule has 2 fully saturated rings. The number of alkyl halides is 3. The van der Waals surface area contributed by atoms with Crippen molar-refractivity contribution in [2.75, 3.05) is 24.5 Å². The third kappa shape index (κ3) is 2.67. The second kappa shape index (κ2) is 5.64. The van der Waals surface area contributed by atoms with Gasteiger partial charge in [-0.2, -0.15) is 13.2 Å². The van der Waals surface area contributed by atoms with Gasteiger partial charge < -0.3 is 14.9 Å². The van der Waals surface area contributed by atoms with Crippen molar-refractivity contribution in [3.05, 3.63) is 24.0 Å². The first-order valence-electron chi connectivity index (χ1n) is 7.57. The van der Waals surface area contributed by atoms with Crippen molar-refractivity contribution < 1.29 is 27.9 Å². The minimum Gasteiger partial charge on any atom is -0.465 e. The van der Waals surface area contributed by atoms with E-state index in [2.05, 4.69) is 4.98 Å². The summed E-state index contributed by atoms with van der Waals surface area (Å²) in [5, 5.41) is 9.14.